The van der Waals surface area contributed by atoms with Crippen molar-refractivity contribution in [2.75, 3.05) is 11.1 Å². The predicted octanol–water partition coefficient (Wildman–Crippen LogP) is 3.77. The molecule has 30 heavy (non-hydrogen) atoms. The second-order valence-electron chi connectivity index (χ2n) is 6.92. The number of thioether (sulfide) groups is 1. The lowest BCUT2D eigenvalue weighted by molar-refractivity contribution is -0.431. The van der Waals surface area contributed by atoms with E-state index in [-0.39, 0.29) is 17.7 Å². The first-order chi connectivity index (χ1) is 14.5. The van der Waals surface area contributed by atoms with Crippen LogP contribution in [-0.4, -0.2) is 26.8 Å². The molecule has 4 aromatic rings. The number of aromatic amines is 1. The number of benzene rings is 2. The Kier molecular flexibility index (Phi) is 6.08. The molecule has 154 valence electrons. The molecule has 0 aliphatic carbocycles. The van der Waals surface area contributed by atoms with E-state index in [9.17, 15) is 4.79 Å². The molecule has 0 spiro atoms. The van der Waals surface area contributed by atoms with E-state index in [0.717, 1.165) is 22.0 Å². The highest BCUT2D eigenvalue weighted by atomic mass is 35.5. The van der Waals surface area contributed by atoms with Crippen LogP contribution in [0.1, 0.15) is 23.1 Å². The highest BCUT2D eigenvalue weighted by molar-refractivity contribution is 7.99. The number of para-hydroxylation sites is 1. The number of halogens is 1. The van der Waals surface area contributed by atoms with E-state index < -0.39 is 0 Å². The molecule has 7 nitrogen and oxygen atoms in total. The lowest BCUT2D eigenvalue weighted by Crippen LogP contribution is -2.54. The maximum absolute atomic E-state index is 12.2. The third-order valence-corrected chi connectivity index (χ3v) is 6.01. The van der Waals surface area contributed by atoms with Crippen molar-refractivity contribution in [3.8, 4) is 0 Å². The molecule has 0 saturated carbocycles. The molecule has 5 N–H and O–H groups in total. The number of fused-ring (bicyclic) bond motifs is 1. The normalized spacial score (nSPS) is 12.2. The molecular formula is C21H21ClN5O2S+. The van der Waals surface area contributed by atoms with E-state index in [0.29, 0.717) is 28.2 Å². The highest BCUT2D eigenvalue weighted by Gasteiger charge is 2.21. The van der Waals surface area contributed by atoms with Crippen LogP contribution in [0.15, 0.2) is 58.3 Å². The molecule has 1 atom stereocenters. The molecule has 0 unspecified atom stereocenters. The van der Waals surface area contributed by atoms with E-state index in [1.165, 1.54) is 11.8 Å². The fraction of sp³-hybridized carbons (Fsp3) is 0.190. The minimum atomic E-state index is -0.186. The first kappa shape index (κ1) is 20.5. The van der Waals surface area contributed by atoms with Gasteiger partial charge in [-0.3, -0.25) is 4.79 Å². The Hall–Kier alpha value is -2.81. The number of carbonyl (C=O) groups excluding carboxylic acids is 1. The molecule has 0 aliphatic heterocycles. The highest BCUT2D eigenvalue weighted by Crippen LogP contribution is 2.25. The van der Waals surface area contributed by atoms with Crippen molar-refractivity contribution >= 4 is 45.9 Å². The number of quaternary nitrogens is 1. The second-order valence-corrected chi connectivity index (χ2v) is 8.25. The third kappa shape index (κ3) is 4.51. The molecule has 2 aromatic heterocycles. The molecular weight excluding hydrogens is 422 g/mol. The largest absolute Gasteiger partial charge is 0.410 e. The van der Waals surface area contributed by atoms with Crippen LogP contribution in [0, 0.1) is 6.92 Å². The van der Waals surface area contributed by atoms with Crippen molar-refractivity contribution in [2.24, 2.45) is 0 Å². The van der Waals surface area contributed by atoms with Crippen LogP contribution in [0.2, 0.25) is 5.02 Å². The summed E-state index contributed by atoms with van der Waals surface area (Å²) >= 11 is 7.28. The van der Waals surface area contributed by atoms with Crippen LogP contribution in [0.5, 0.6) is 0 Å². The molecule has 2 heterocycles. The molecule has 0 radical (unpaired) electrons. The van der Waals surface area contributed by atoms with Crippen molar-refractivity contribution in [1.82, 2.24) is 15.2 Å². The van der Waals surface area contributed by atoms with Crippen molar-refractivity contribution in [1.29, 1.82) is 0 Å². The van der Waals surface area contributed by atoms with Gasteiger partial charge in [0.15, 0.2) is 6.04 Å². The van der Waals surface area contributed by atoms with Crippen LogP contribution < -0.4 is 11.1 Å². The monoisotopic (exact) mass is 442 g/mol. The zero-order chi connectivity index (χ0) is 21.1. The van der Waals surface area contributed by atoms with Crippen molar-refractivity contribution in [3.05, 3.63) is 70.7 Å². The number of anilines is 1. The van der Waals surface area contributed by atoms with Crippen LogP contribution in [0.25, 0.3) is 10.9 Å². The van der Waals surface area contributed by atoms with Gasteiger partial charge in [0.1, 0.15) is 0 Å². The number of aromatic nitrogens is 3. The summed E-state index contributed by atoms with van der Waals surface area (Å²) in [6.07, 6.45) is 2.65. The minimum absolute atomic E-state index is 0.151. The Morgan fingerprint density at radius 3 is 2.97 bits per heavy atom. The fourth-order valence-corrected chi connectivity index (χ4v) is 3.90. The standard InChI is InChI=1S/C21H20ClN5O2S/c1-12-15(22)6-4-8-17(12)25-19(28)11-30-21-27-26-20(29-21)16(23)9-13-10-24-18-7-3-2-5-14(13)18/h2-8,10,16,24H,9,11,23H2,1H3,(H,25,28)/p+1/t16-/m0/s1. The Morgan fingerprint density at radius 1 is 1.27 bits per heavy atom. The van der Waals surface area contributed by atoms with Gasteiger partial charge in [-0.1, -0.05) is 47.6 Å². The average Bonchev–Trinajstić information content (AvgIpc) is 3.38. The summed E-state index contributed by atoms with van der Waals surface area (Å²) in [5.41, 5.74) is 7.91. The Balaban J connectivity index is 1.34. The number of carbonyl (C=O) groups is 1. The zero-order valence-corrected chi connectivity index (χ0v) is 17.9. The number of amides is 1. The van der Waals surface area contributed by atoms with E-state index in [1.54, 1.807) is 12.1 Å². The smallest absolute Gasteiger partial charge is 0.277 e. The predicted molar refractivity (Wildman–Crippen MR) is 117 cm³/mol. The zero-order valence-electron chi connectivity index (χ0n) is 16.3. The van der Waals surface area contributed by atoms with Crippen molar-refractivity contribution < 1.29 is 14.9 Å². The summed E-state index contributed by atoms with van der Waals surface area (Å²) in [6, 6.07) is 13.3. The van der Waals surface area contributed by atoms with Gasteiger partial charge < -0.3 is 20.5 Å². The van der Waals surface area contributed by atoms with Gasteiger partial charge in [-0.05, 0) is 36.2 Å². The molecule has 9 heteroatoms. The van der Waals surface area contributed by atoms with Crippen molar-refractivity contribution in [3.63, 3.8) is 0 Å². The first-order valence-electron chi connectivity index (χ1n) is 9.40. The SMILES string of the molecule is Cc1c(Cl)cccc1NC(=O)CSc1nnc([C@@H]([NH3+])Cc2c[nH]c3ccccc23)o1. The number of rotatable bonds is 7. The number of H-pyrrole nitrogens is 1. The topological polar surface area (TPSA) is 111 Å². The maximum atomic E-state index is 12.2. The van der Waals surface area contributed by atoms with E-state index in [4.69, 9.17) is 16.0 Å². The minimum Gasteiger partial charge on any atom is -0.410 e. The van der Waals surface area contributed by atoms with E-state index in [2.05, 4.69) is 32.3 Å². The number of hydrogen-bond acceptors (Lipinski definition) is 5. The second kappa shape index (κ2) is 8.91. The van der Waals surface area contributed by atoms with E-state index in [1.807, 2.05) is 37.4 Å². The first-order valence-corrected chi connectivity index (χ1v) is 10.8. The number of hydrogen-bond donors (Lipinski definition) is 3. The third-order valence-electron chi connectivity index (χ3n) is 4.78. The molecule has 0 bridgehead atoms. The number of nitrogens with one attached hydrogen (secondary N) is 2. The summed E-state index contributed by atoms with van der Waals surface area (Å²) in [6.45, 7) is 1.86. The van der Waals surface area contributed by atoms with Gasteiger partial charge >= 0.3 is 0 Å². The summed E-state index contributed by atoms with van der Waals surface area (Å²) < 4.78 is 5.72. The van der Waals surface area contributed by atoms with Crippen LogP contribution >= 0.6 is 23.4 Å². The lowest BCUT2D eigenvalue weighted by atomic mass is 10.1. The molecule has 2 aromatic carbocycles. The van der Waals surface area contributed by atoms with Crippen LogP contribution in [0.4, 0.5) is 5.69 Å². The Labute approximate surface area is 182 Å². The van der Waals surface area contributed by atoms with Gasteiger partial charge in [-0.15, -0.1) is 10.2 Å². The van der Waals surface area contributed by atoms with Crippen LogP contribution in [0.3, 0.4) is 0 Å². The van der Waals surface area contributed by atoms with Gasteiger partial charge in [0, 0.05) is 34.2 Å². The quantitative estimate of drug-likeness (QED) is 0.377. The lowest BCUT2D eigenvalue weighted by Gasteiger charge is -2.08. The fourth-order valence-electron chi connectivity index (χ4n) is 3.15. The summed E-state index contributed by atoms with van der Waals surface area (Å²) in [7, 11) is 0. The maximum Gasteiger partial charge on any atom is 0.277 e. The summed E-state index contributed by atoms with van der Waals surface area (Å²) in [4.78, 5) is 15.5. The Bertz CT molecular complexity index is 1190. The summed E-state index contributed by atoms with van der Waals surface area (Å²) in [5.74, 6) is 0.432. The van der Waals surface area contributed by atoms with Gasteiger partial charge in [-0.2, -0.15) is 0 Å². The van der Waals surface area contributed by atoms with Crippen molar-refractivity contribution in [2.45, 2.75) is 24.6 Å². The van der Waals surface area contributed by atoms with Crippen LogP contribution in [-0.2, 0) is 11.2 Å². The molecule has 1 amide bonds. The number of nitrogens with zero attached hydrogens (tertiary/aromatic N) is 2. The molecule has 4 rings (SSSR count). The molecule has 0 aliphatic rings. The van der Waals surface area contributed by atoms with Gasteiger partial charge in [0.25, 0.3) is 11.1 Å². The summed E-state index contributed by atoms with van der Waals surface area (Å²) in [5, 5.41) is 13.1. The van der Waals surface area contributed by atoms with E-state index >= 15 is 0 Å². The Morgan fingerprint density at radius 2 is 2.10 bits per heavy atom. The van der Waals surface area contributed by atoms with Gasteiger partial charge in [0.2, 0.25) is 5.91 Å². The molecule has 0 saturated heterocycles. The van der Waals surface area contributed by atoms with Gasteiger partial charge in [-0.25, -0.2) is 0 Å². The average molecular weight is 443 g/mol. The van der Waals surface area contributed by atoms with Gasteiger partial charge in [0.05, 0.1) is 5.75 Å². The molecule has 0 fully saturated rings.